The molecule has 1 aromatic rings. The molecule has 6 heteroatoms. The number of carbonyl (C=O) groups excluding carboxylic acids is 2. The Morgan fingerprint density at radius 3 is 2.95 bits per heavy atom. The lowest BCUT2D eigenvalue weighted by Gasteiger charge is -2.31. The van der Waals surface area contributed by atoms with Crippen molar-refractivity contribution >= 4 is 23.5 Å². The third-order valence-corrected chi connectivity index (χ3v) is 3.39. The van der Waals surface area contributed by atoms with Gasteiger partial charge in [0.1, 0.15) is 10.8 Å². The zero-order valence-electron chi connectivity index (χ0n) is 10.6. The van der Waals surface area contributed by atoms with Gasteiger partial charge >= 0.3 is 5.97 Å². The largest absolute Gasteiger partial charge is 0.469 e. The number of hydrogen-bond donors (Lipinski definition) is 0. The predicted octanol–water partition coefficient (Wildman–Crippen LogP) is 1.76. The highest BCUT2D eigenvalue weighted by molar-refractivity contribution is 6.29. The maximum Gasteiger partial charge on any atom is 0.310 e. The second-order valence-corrected chi connectivity index (χ2v) is 4.85. The lowest BCUT2D eigenvalue weighted by molar-refractivity contribution is -0.146. The second-order valence-electron chi connectivity index (χ2n) is 4.46. The molecule has 2 heterocycles. The fraction of sp³-hybridized carbons (Fsp3) is 0.462. The summed E-state index contributed by atoms with van der Waals surface area (Å²) in [5.41, 5.74) is 0.304. The molecule has 2 rings (SSSR count). The topological polar surface area (TPSA) is 59.5 Å². The number of esters is 1. The molecule has 1 atom stereocenters. The van der Waals surface area contributed by atoms with Gasteiger partial charge in [-0.25, -0.2) is 4.98 Å². The summed E-state index contributed by atoms with van der Waals surface area (Å²) >= 11 is 5.77. The van der Waals surface area contributed by atoms with Gasteiger partial charge < -0.3 is 9.64 Å². The van der Waals surface area contributed by atoms with Gasteiger partial charge in [-0.1, -0.05) is 17.7 Å². The van der Waals surface area contributed by atoms with Gasteiger partial charge in [-0.15, -0.1) is 0 Å². The molecular weight excluding hydrogens is 268 g/mol. The monoisotopic (exact) mass is 282 g/mol. The third kappa shape index (κ3) is 3.23. The van der Waals surface area contributed by atoms with Crippen LogP contribution in [0.2, 0.25) is 5.15 Å². The molecular formula is C13H15ClN2O3. The van der Waals surface area contributed by atoms with Crippen LogP contribution in [-0.4, -0.2) is 42.0 Å². The van der Waals surface area contributed by atoms with Gasteiger partial charge in [0.2, 0.25) is 0 Å². The molecule has 0 bridgehead atoms. The van der Waals surface area contributed by atoms with E-state index in [1.807, 2.05) is 0 Å². The van der Waals surface area contributed by atoms with E-state index in [4.69, 9.17) is 16.3 Å². The normalized spacial score (nSPS) is 19.1. The number of nitrogens with zero attached hydrogens (tertiary/aromatic N) is 2. The van der Waals surface area contributed by atoms with Gasteiger partial charge in [0.25, 0.3) is 5.91 Å². The van der Waals surface area contributed by atoms with Crippen LogP contribution >= 0.6 is 11.6 Å². The first-order valence-electron chi connectivity index (χ1n) is 6.11. The van der Waals surface area contributed by atoms with Crippen molar-refractivity contribution in [1.29, 1.82) is 0 Å². The molecule has 0 aromatic carbocycles. The predicted molar refractivity (Wildman–Crippen MR) is 69.9 cm³/mol. The average Bonchev–Trinajstić information content (AvgIpc) is 2.45. The van der Waals surface area contributed by atoms with E-state index < -0.39 is 0 Å². The van der Waals surface area contributed by atoms with Crippen LogP contribution < -0.4 is 0 Å². The molecule has 0 N–H and O–H groups in total. The first-order chi connectivity index (χ1) is 9.11. The number of ether oxygens (including phenoxy) is 1. The van der Waals surface area contributed by atoms with E-state index >= 15 is 0 Å². The molecule has 1 aliphatic heterocycles. The number of methoxy groups -OCH3 is 1. The first kappa shape index (κ1) is 13.8. The summed E-state index contributed by atoms with van der Waals surface area (Å²) in [7, 11) is 1.36. The summed E-state index contributed by atoms with van der Waals surface area (Å²) in [4.78, 5) is 29.4. The van der Waals surface area contributed by atoms with Gasteiger partial charge in [0.05, 0.1) is 13.0 Å². The molecule has 0 radical (unpaired) electrons. The minimum atomic E-state index is -0.267. The molecule has 0 aliphatic carbocycles. The average molecular weight is 283 g/mol. The maximum absolute atomic E-state index is 12.3. The summed E-state index contributed by atoms with van der Waals surface area (Å²) < 4.78 is 4.73. The van der Waals surface area contributed by atoms with Crippen molar-refractivity contribution in [2.75, 3.05) is 20.2 Å². The smallest absolute Gasteiger partial charge is 0.310 e. The second kappa shape index (κ2) is 6.02. The first-order valence-corrected chi connectivity index (χ1v) is 6.49. The Morgan fingerprint density at radius 1 is 1.47 bits per heavy atom. The molecule has 1 fully saturated rings. The van der Waals surface area contributed by atoms with Crippen LogP contribution in [0.15, 0.2) is 18.2 Å². The Hall–Kier alpha value is -1.62. The molecule has 0 unspecified atom stereocenters. The van der Waals surface area contributed by atoms with Crippen molar-refractivity contribution < 1.29 is 14.3 Å². The summed E-state index contributed by atoms with van der Waals surface area (Å²) in [5.74, 6) is -0.713. The van der Waals surface area contributed by atoms with E-state index in [1.54, 1.807) is 23.1 Å². The number of rotatable bonds is 2. The number of aromatic nitrogens is 1. The third-order valence-electron chi connectivity index (χ3n) is 3.18. The molecule has 1 amide bonds. The van der Waals surface area contributed by atoms with Gasteiger partial charge in [0, 0.05) is 13.1 Å². The summed E-state index contributed by atoms with van der Waals surface area (Å²) in [6.45, 7) is 1.00. The Bertz CT molecular complexity index is 493. The molecule has 102 valence electrons. The van der Waals surface area contributed by atoms with Crippen LogP contribution in [0.1, 0.15) is 23.3 Å². The van der Waals surface area contributed by atoms with E-state index in [0.29, 0.717) is 18.8 Å². The molecule has 1 aromatic heterocycles. The van der Waals surface area contributed by atoms with E-state index in [0.717, 1.165) is 12.8 Å². The lowest BCUT2D eigenvalue weighted by atomic mass is 9.98. The van der Waals surface area contributed by atoms with Gasteiger partial charge in [-0.05, 0) is 25.0 Å². The summed E-state index contributed by atoms with van der Waals surface area (Å²) in [5, 5.41) is 0.285. The number of likely N-dealkylation sites (tertiary alicyclic amines) is 1. The van der Waals surface area contributed by atoms with Crippen LogP contribution in [0.4, 0.5) is 0 Å². The van der Waals surface area contributed by atoms with E-state index in [-0.39, 0.29) is 22.9 Å². The standard InChI is InChI=1S/C13H15ClN2O3/c1-19-13(18)9-4-3-7-16(8-9)12(17)10-5-2-6-11(14)15-10/h2,5-6,9H,3-4,7-8H2,1H3/t9-/m0/s1. The maximum atomic E-state index is 12.3. The summed E-state index contributed by atoms with van der Waals surface area (Å²) in [6.07, 6.45) is 1.53. The van der Waals surface area contributed by atoms with Crippen molar-refractivity contribution in [2.45, 2.75) is 12.8 Å². The van der Waals surface area contributed by atoms with Crippen LogP contribution in [0, 0.1) is 5.92 Å². The highest BCUT2D eigenvalue weighted by Crippen LogP contribution is 2.19. The van der Waals surface area contributed by atoms with Gasteiger partial charge in [-0.2, -0.15) is 0 Å². The number of piperidine rings is 1. The van der Waals surface area contributed by atoms with E-state index in [9.17, 15) is 9.59 Å². The number of hydrogen-bond acceptors (Lipinski definition) is 4. The molecule has 0 spiro atoms. The molecule has 5 nitrogen and oxygen atoms in total. The zero-order chi connectivity index (χ0) is 13.8. The highest BCUT2D eigenvalue weighted by atomic mass is 35.5. The molecule has 19 heavy (non-hydrogen) atoms. The van der Waals surface area contributed by atoms with E-state index in [1.165, 1.54) is 7.11 Å². The quantitative estimate of drug-likeness (QED) is 0.613. The Balaban J connectivity index is 2.09. The Kier molecular flexibility index (Phi) is 4.37. The van der Waals surface area contributed by atoms with Crippen molar-refractivity contribution in [3.05, 3.63) is 29.0 Å². The fourth-order valence-electron chi connectivity index (χ4n) is 2.21. The Labute approximate surface area is 116 Å². The van der Waals surface area contributed by atoms with Crippen LogP contribution in [0.25, 0.3) is 0 Å². The molecule has 1 saturated heterocycles. The lowest BCUT2D eigenvalue weighted by Crippen LogP contribution is -2.42. The number of carbonyl (C=O) groups is 2. The van der Waals surface area contributed by atoms with Crippen LogP contribution in [-0.2, 0) is 9.53 Å². The zero-order valence-corrected chi connectivity index (χ0v) is 11.4. The van der Waals surface area contributed by atoms with Crippen molar-refractivity contribution in [3.63, 3.8) is 0 Å². The minimum absolute atomic E-state index is 0.198. The number of pyridine rings is 1. The van der Waals surface area contributed by atoms with Crippen molar-refractivity contribution in [3.8, 4) is 0 Å². The van der Waals surface area contributed by atoms with E-state index in [2.05, 4.69) is 4.98 Å². The molecule has 0 saturated carbocycles. The minimum Gasteiger partial charge on any atom is -0.469 e. The van der Waals surface area contributed by atoms with Gasteiger partial charge in [0.15, 0.2) is 0 Å². The van der Waals surface area contributed by atoms with Gasteiger partial charge in [-0.3, -0.25) is 9.59 Å². The number of amides is 1. The highest BCUT2D eigenvalue weighted by Gasteiger charge is 2.29. The summed E-state index contributed by atoms with van der Waals surface area (Å²) in [6, 6.07) is 4.92. The SMILES string of the molecule is COC(=O)[C@H]1CCCN(C(=O)c2cccc(Cl)n2)C1. The van der Waals surface area contributed by atoms with Crippen LogP contribution in [0.5, 0.6) is 0 Å². The van der Waals surface area contributed by atoms with Crippen molar-refractivity contribution in [2.24, 2.45) is 5.92 Å². The Morgan fingerprint density at radius 2 is 2.26 bits per heavy atom. The molecule has 1 aliphatic rings. The fourth-order valence-corrected chi connectivity index (χ4v) is 2.37. The van der Waals surface area contributed by atoms with Crippen molar-refractivity contribution in [1.82, 2.24) is 9.88 Å². The number of halogens is 1. The van der Waals surface area contributed by atoms with Crippen LogP contribution in [0.3, 0.4) is 0 Å².